The maximum atomic E-state index is 12.4. The van der Waals surface area contributed by atoms with Gasteiger partial charge in [-0.1, -0.05) is 15.9 Å². The number of amides is 1. The second-order valence-electron chi connectivity index (χ2n) is 5.34. The van der Waals surface area contributed by atoms with Gasteiger partial charge in [-0.05, 0) is 57.4 Å². The number of hydrogen-bond donors (Lipinski definition) is 0. The first kappa shape index (κ1) is 12.6. The number of halogens is 1. The Labute approximate surface area is 111 Å². The molecule has 0 aliphatic carbocycles. The lowest BCUT2D eigenvalue weighted by Gasteiger charge is -2.31. The number of hydrogen-bond acceptors (Lipinski definition) is 1. The van der Waals surface area contributed by atoms with E-state index in [4.69, 9.17) is 0 Å². The zero-order valence-corrected chi connectivity index (χ0v) is 12.2. The Balaban J connectivity index is 2.28. The van der Waals surface area contributed by atoms with Gasteiger partial charge in [-0.25, -0.2) is 0 Å². The zero-order valence-electron chi connectivity index (χ0n) is 10.6. The van der Waals surface area contributed by atoms with E-state index in [2.05, 4.69) is 29.8 Å². The van der Waals surface area contributed by atoms with Gasteiger partial charge in [-0.3, -0.25) is 4.79 Å². The van der Waals surface area contributed by atoms with Crippen molar-refractivity contribution in [1.82, 2.24) is 4.90 Å². The van der Waals surface area contributed by atoms with E-state index in [-0.39, 0.29) is 11.4 Å². The van der Waals surface area contributed by atoms with E-state index in [1.165, 1.54) is 0 Å². The third-order valence-electron chi connectivity index (χ3n) is 3.55. The molecular formula is C14H18BrNO. The first-order chi connectivity index (χ1) is 7.92. The van der Waals surface area contributed by atoms with Crippen LogP contribution in [0.4, 0.5) is 0 Å². The number of benzene rings is 1. The van der Waals surface area contributed by atoms with E-state index >= 15 is 0 Å². The minimum atomic E-state index is -0.00192. The number of nitrogens with zero attached hydrogens (tertiary/aromatic N) is 1. The fourth-order valence-corrected chi connectivity index (χ4v) is 2.66. The second-order valence-corrected chi connectivity index (χ2v) is 6.19. The summed E-state index contributed by atoms with van der Waals surface area (Å²) < 4.78 is 1.05. The molecule has 3 heteroatoms. The molecule has 1 aliphatic rings. The van der Waals surface area contributed by atoms with Gasteiger partial charge < -0.3 is 4.90 Å². The van der Waals surface area contributed by atoms with Crippen LogP contribution in [0, 0.1) is 6.92 Å². The van der Waals surface area contributed by atoms with Gasteiger partial charge in [0.2, 0.25) is 0 Å². The molecule has 1 saturated heterocycles. The Hall–Kier alpha value is -0.830. The summed E-state index contributed by atoms with van der Waals surface area (Å²) in [4.78, 5) is 14.4. The number of carbonyl (C=O) groups excluding carboxylic acids is 1. The monoisotopic (exact) mass is 295 g/mol. The highest BCUT2D eigenvalue weighted by Crippen LogP contribution is 2.30. The van der Waals surface area contributed by atoms with Crippen LogP contribution >= 0.6 is 15.9 Å². The van der Waals surface area contributed by atoms with Gasteiger partial charge in [-0.2, -0.15) is 0 Å². The van der Waals surface area contributed by atoms with Gasteiger partial charge in [0.1, 0.15) is 0 Å². The van der Waals surface area contributed by atoms with Crippen molar-refractivity contribution in [3.63, 3.8) is 0 Å². The van der Waals surface area contributed by atoms with Crippen LogP contribution in [-0.2, 0) is 0 Å². The van der Waals surface area contributed by atoms with Gasteiger partial charge in [0, 0.05) is 22.1 Å². The van der Waals surface area contributed by atoms with E-state index in [1.54, 1.807) is 0 Å². The standard InChI is InChI=1S/C14H18BrNO/c1-10-9-11(5-6-12(10)15)13(17)16-8-4-7-14(16,2)3/h5-6,9H,4,7-8H2,1-3H3. The van der Waals surface area contributed by atoms with Gasteiger partial charge in [-0.15, -0.1) is 0 Å². The first-order valence-corrected chi connectivity index (χ1v) is 6.79. The average molecular weight is 296 g/mol. The van der Waals surface area contributed by atoms with Crippen molar-refractivity contribution in [2.45, 2.75) is 39.2 Å². The highest BCUT2D eigenvalue weighted by atomic mass is 79.9. The number of carbonyl (C=O) groups is 1. The zero-order chi connectivity index (χ0) is 12.6. The molecule has 0 saturated carbocycles. The quantitative estimate of drug-likeness (QED) is 0.772. The van der Waals surface area contributed by atoms with Crippen molar-refractivity contribution in [1.29, 1.82) is 0 Å². The molecule has 0 radical (unpaired) electrons. The molecule has 1 aromatic carbocycles. The molecule has 0 bridgehead atoms. The summed E-state index contributed by atoms with van der Waals surface area (Å²) in [5, 5.41) is 0. The van der Waals surface area contributed by atoms with Gasteiger partial charge >= 0.3 is 0 Å². The van der Waals surface area contributed by atoms with Gasteiger partial charge in [0.15, 0.2) is 0 Å². The lowest BCUT2D eigenvalue weighted by Crippen LogP contribution is -2.42. The summed E-state index contributed by atoms with van der Waals surface area (Å²) >= 11 is 3.46. The lowest BCUT2D eigenvalue weighted by atomic mass is 10.0. The van der Waals surface area contributed by atoms with Gasteiger partial charge in [0.25, 0.3) is 5.91 Å². The van der Waals surface area contributed by atoms with Crippen LogP contribution in [0.15, 0.2) is 22.7 Å². The number of likely N-dealkylation sites (tertiary alicyclic amines) is 1. The van der Waals surface area contributed by atoms with Crippen molar-refractivity contribution >= 4 is 21.8 Å². The Kier molecular flexibility index (Phi) is 3.30. The molecule has 1 aliphatic heterocycles. The van der Waals surface area contributed by atoms with Crippen LogP contribution in [0.25, 0.3) is 0 Å². The highest BCUT2D eigenvalue weighted by Gasteiger charge is 2.35. The number of aryl methyl sites for hydroxylation is 1. The summed E-state index contributed by atoms with van der Waals surface area (Å²) in [6, 6.07) is 5.81. The summed E-state index contributed by atoms with van der Waals surface area (Å²) in [6.45, 7) is 7.17. The van der Waals surface area contributed by atoms with E-state index in [1.807, 2.05) is 30.0 Å². The Morgan fingerprint density at radius 1 is 1.41 bits per heavy atom. The SMILES string of the molecule is Cc1cc(C(=O)N2CCCC2(C)C)ccc1Br. The van der Waals surface area contributed by atoms with E-state index in [0.717, 1.165) is 35.0 Å². The molecule has 1 heterocycles. The molecule has 0 spiro atoms. The topological polar surface area (TPSA) is 20.3 Å². The lowest BCUT2D eigenvalue weighted by molar-refractivity contribution is 0.0652. The summed E-state index contributed by atoms with van der Waals surface area (Å²) in [7, 11) is 0. The molecule has 2 nitrogen and oxygen atoms in total. The van der Waals surface area contributed by atoms with Crippen molar-refractivity contribution in [2.75, 3.05) is 6.54 Å². The predicted octanol–water partition coefficient (Wildman–Crippen LogP) is 3.77. The third-order valence-corrected chi connectivity index (χ3v) is 4.44. The third kappa shape index (κ3) is 2.39. The molecule has 0 atom stereocenters. The average Bonchev–Trinajstić information content (AvgIpc) is 2.61. The Morgan fingerprint density at radius 2 is 2.12 bits per heavy atom. The Bertz CT molecular complexity index is 454. The minimum Gasteiger partial charge on any atom is -0.334 e. The summed E-state index contributed by atoms with van der Waals surface area (Å²) in [6.07, 6.45) is 2.20. The van der Waals surface area contributed by atoms with Crippen molar-refractivity contribution < 1.29 is 4.79 Å². The number of rotatable bonds is 1. The molecule has 2 rings (SSSR count). The molecular weight excluding hydrogens is 278 g/mol. The maximum absolute atomic E-state index is 12.4. The van der Waals surface area contributed by atoms with Crippen LogP contribution in [0.5, 0.6) is 0 Å². The van der Waals surface area contributed by atoms with Crippen LogP contribution in [-0.4, -0.2) is 22.9 Å². The molecule has 17 heavy (non-hydrogen) atoms. The van der Waals surface area contributed by atoms with E-state index < -0.39 is 0 Å². The van der Waals surface area contributed by atoms with E-state index in [0.29, 0.717) is 0 Å². The van der Waals surface area contributed by atoms with Crippen molar-refractivity contribution in [3.8, 4) is 0 Å². The maximum Gasteiger partial charge on any atom is 0.254 e. The van der Waals surface area contributed by atoms with Crippen molar-refractivity contribution in [2.24, 2.45) is 0 Å². The Morgan fingerprint density at radius 3 is 2.65 bits per heavy atom. The first-order valence-electron chi connectivity index (χ1n) is 6.00. The van der Waals surface area contributed by atoms with Crippen LogP contribution in [0.2, 0.25) is 0 Å². The molecule has 1 aromatic rings. The second kappa shape index (κ2) is 4.45. The minimum absolute atomic E-state index is 0.00192. The summed E-state index contributed by atoms with van der Waals surface area (Å²) in [5.41, 5.74) is 1.89. The normalized spacial score (nSPS) is 18.5. The fourth-order valence-electron chi connectivity index (χ4n) is 2.42. The van der Waals surface area contributed by atoms with Crippen LogP contribution in [0.1, 0.15) is 42.6 Å². The molecule has 1 amide bonds. The molecule has 1 fully saturated rings. The molecule has 0 N–H and O–H groups in total. The largest absolute Gasteiger partial charge is 0.334 e. The van der Waals surface area contributed by atoms with Crippen LogP contribution < -0.4 is 0 Å². The van der Waals surface area contributed by atoms with E-state index in [9.17, 15) is 4.79 Å². The van der Waals surface area contributed by atoms with Crippen molar-refractivity contribution in [3.05, 3.63) is 33.8 Å². The smallest absolute Gasteiger partial charge is 0.254 e. The predicted molar refractivity (Wildman–Crippen MR) is 73.2 cm³/mol. The summed E-state index contributed by atoms with van der Waals surface area (Å²) in [5.74, 6) is 0.156. The fraction of sp³-hybridized carbons (Fsp3) is 0.500. The van der Waals surface area contributed by atoms with Crippen LogP contribution in [0.3, 0.4) is 0 Å². The van der Waals surface area contributed by atoms with Gasteiger partial charge in [0.05, 0.1) is 0 Å². The highest BCUT2D eigenvalue weighted by molar-refractivity contribution is 9.10. The molecule has 92 valence electrons. The molecule has 0 aromatic heterocycles. The molecule has 0 unspecified atom stereocenters.